The van der Waals surface area contributed by atoms with Crippen molar-refractivity contribution in [1.29, 1.82) is 0 Å². The molecule has 4 aromatic rings. The molecule has 0 aliphatic carbocycles. The summed E-state index contributed by atoms with van der Waals surface area (Å²) in [6.07, 6.45) is 2.17. The summed E-state index contributed by atoms with van der Waals surface area (Å²) in [4.78, 5) is 13.2. The highest BCUT2D eigenvalue weighted by atomic mass is 19.1. The van der Waals surface area contributed by atoms with E-state index in [1.165, 1.54) is 12.1 Å². The largest absolute Gasteiger partial charge is 0.467 e. The van der Waals surface area contributed by atoms with Crippen LogP contribution >= 0.6 is 0 Å². The Kier molecular flexibility index (Phi) is 6.10. The zero-order valence-corrected chi connectivity index (χ0v) is 18.8. The average molecular weight is 458 g/mol. The van der Waals surface area contributed by atoms with E-state index in [0.717, 1.165) is 16.8 Å². The molecule has 0 saturated heterocycles. The van der Waals surface area contributed by atoms with E-state index in [1.54, 1.807) is 10.9 Å². The van der Waals surface area contributed by atoms with E-state index in [-0.39, 0.29) is 18.5 Å². The van der Waals surface area contributed by atoms with Crippen molar-refractivity contribution < 1.29 is 18.7 Å². The van der Waals surface area contributed by atoms with Gasteiger partial charge >= 0.3 is 0 Å². The van der Waals surface area contributed by atoms with Gasteiger partial charge in [0.15, 0.2) is 6.79 Å². The van der Waals surface area contributed by atoms with Crippen molar-refractivity contribution in [2.75, 3.05) is 13.3 Å². The summed E-state index contributed by atoms with van der Waals surface area (Å²) in [5.74, 6) is 0.0470. The molecule has 0 radical (unpaired) electrons. The average Bonchev–Trinajstić information content (AvgIpc) is 3.30. The molecule has 0 bridgehead atoms. The van der Waals surface area contributed by atoms with Crippen LogP contribution in [0.1, 0.15) is 27.0 Å². The molecule has 0 atom stereocenters. The Balaban J connectivity index is 1.38. The van der Waals surface area contributed by atoms with E-state index in [0.29, 0.717) is 47.7 Å². The number of hydrogen-bond acceptors (Lipinski definition) is 4. The van der Waals surface area contributed by atoms with E-state index >= 15 is 0 Å². The van der Waals surface area contributed by atoms with Crippen LogP contribution in [-0.4, -0.2) is 29.0 Å². The van der Waals surface area contributed by atoms with Crippen molar-refractivity contribution in [3.8, 4) is 22.7 Å². The lowest BCUT2D eigenvalue weighted by Gasteiger charge is -2.21. The molecular formula is C27H24FN3O3. The molecular weight excluding hydrogens is 433 g/mol. The van der Waals surface area contributed by atoms with E-state index in [4.69, 9.17) is 14.6 Å². The molecule has 1 aromatic heterocycles. The Hall–Kier alpha value is -3.97. The van der Waals surface area contributed by atoms with Crippen LogP contribution < -0.4 is 10.1 Å². The summed E-state index contributed by atoms with van der Waals surface area (Å²) >= 11 is 0. The van der Waals surface area contributed by atoms with Crippen LogP contribution in [0.25, 0.3) is 16.9 Å². The number of benzene rings is 3. The molecule has 2 heterocycles. The number of carbonyl (C=O) groups is 1. The number of ether oxygens (including phenoxy) is 2. The smallest absolute Gasteiger partial charge is 0.255 e. The molecule has 6 nitrogen and oxygen atoms in total. The summed E-state index contributed by atoms with van der Waals surface area (Å²) in [5.41, 5.74) is 5.32. The lowest BCUT2D eigenvalue weighted by Crippen LogP contribution is -2.26. The van der Waals surface area contributed by atoms with Crippen molar-refractivity contribution in [2.24, 2.45) is 0 Å². The Morgan fingerprint density at radius 3 is 2.71 bits per heavy atom. The maximum Gasteiger partial charge on any atom is 0.255 e. The minimum absolute atomic E-state index is 0.136. The van der Waals surface area contributed by atoms with Gasteiger partial charge in [0, 0.05) is 23.9 Å². The van der Waals surface area contributed by atoms with E-state index in [2.05, 4.69) is 5.32 Å². The fourth-order valence-corrected chi connectivity index (χ4v) is 4.03. The number of aryl methyl sites for hydroxylation is 1. The second-order valence-corrected chi connectivity index (χ2v) is 8.21. The highest BCUT2D eigenvalue weighted by Gasteiger charge is 2.20. The van der Waals surface area contributed by atoms with Gasteiger partial charge in [0.1, 0.15) is 17.3 Å². The van der Waals surface area contributed by atoms with Crippen molar-refractivity contribution >= 4 is 5.91 Å². The molecule has 5 rings (SSSR count). The highest BCUT2D eigenvalue weighted by molar-refractivity contribution is 5.99. The van der Waals surface area contributed by atoms with Crippen LogP contribution in [0.3, 0.4) is 0 Å². The Morgan fingerprint density at radius 1 is 1.12 bits per heavy atom. The van der Waals surface area contributed by atoms with Gasteiger partial charge < -0.3 is 14.8 Å². The molecule has 0 saturated carbocycles. The van der Waals surface area contributed by atoms with Crippen LogP contribution in [0.15, 0.2) is 72.9 Å². The van der Waals surface area contributed by atoms with E-state index in [9.17, 15) is 9.18 Å². The number of halogens is 1. The lowest BCUT2D eigenvalue weighted by molar-refractivity contribution is -0.0172. The number of nitrogens with zero attached hydrogens (tertiary/aromatic N) is 2. The van der Waals surface area contributed by atoms with Gasteiger partial charge in [-0.1, -0.05) is 48.0 Å². The summed E-state index contributed by atoms with van der Waals surface area (Å²) in [5, 5.41) is 7.67. The van der Waals surface area contributed by atoms with Crippen LogP contribution in [-0.2, 0) is 17.8 Å². The third-order valence-corrected chi connectivity index (χ3v) is 5.74. The molecule has 172 valence electrons. The Labute approximate surface area is 196 Å². The molecule has 0 fully saturated rings. The summed E-state index contributed by atoms with van der Waals surface area (Å²) in [7, 11) is 0. The van der Waals surface area contributed by atoms with Crippen molar-refractivity contribution in [3.05, 3.63) is 101 Å². The molecule has 34 heavy (non-hydrogen) atoms. The van der Waals surface area contributed by atoms with Gasteiger partial charge in [0.25, 0.3) is 5.91 Å². The zero-order valence-electron chi connectivity index (χ0n) is 18.8. The number of fused-ring (bicyclic) bond motifs is 1. The minimum Gasteiger partial charge on any atom is -0.467 e. The fourth-order valence-electron chi connectivity index (χ4n) is 4.03. The molecule has 1 amide bonds. The third kappa shape index (κ3) is 4.56. The Morgan fingerprint density at radius 2 is 1.91 bits per heavy atom. The SMILES string of the molecule is Cc1ccc(-n2cc(C(=O)NCCc3cc(F)cc4c3OCOC4)c(-c3ccccc3)n2)cc1. The monoisotopic (exact) mass is 457 g/mol. The van der Waals surface area contributed by atoms with Gasteiger partial charge in [-0.25, -0.2) is 9.07 Å². The second kappa shape index (κ2) is 9.49. The molecule has 0 unspecified atom stereocenters. The summed E-state index contributed by atoms with van der Waals surface area (Å²) < 4.78 is 26.6. The number of nitrogens with one attached hydrogen (secondary N) is 1. The van der Waals surface area contributed by atoms with Crippen molar-refractivity contribution in [2.45, 2.75) is 20.0 Å². The molecule has 1 aliphatic rings. The Bertz CT molecular complexity index is 1320. The maximum absolute atomic E-state index is 14.0. The third-order valence-electron chi connectivity index (χ3n) is 5.74. The predicted molar refractivity (Wildman–Crippen MR) is 126 cm³/mol. The van der Waals surface area contributed by atoms with Gasteiger partial charge in [-0.05, 0) is 43.2 Å². The van der Waals surface area contributed by atoms with Gasteiger partial charge in [-0.15, -0.1) is 0 Å². The van der Waals surface area contributed by atoms with Crippen molar-refractivity contribution in [3.63, 3.8) is 0 Å². The molecule has 0 spiro atoms. The van der Waals surface area contributed by atoms with Gasteiger partial charge in [0.05, 0.1) is 17.9 Å². The van der Waals surface area contributed by atoms with Gasteiger partial charge in [-0.3, -0.25) is 4.79 Å². The van der Waals surface area contributed by atoms with Gasteiger partial charge in [-0.2, -0.15) is 5.10 Å². The highest BCUT2D eigenvalue weighted by Crippen LogP contribution is 2.30. The van der Waals surface area contributed by atoms with Crippen LogP contribution in [0.4, 0.5) is 4.39 Å². The lowest BCUT2D eigenvalue weighted by atomic mass is 10.0. The first-order chi connectivity index (χ1) is 16.6. The van der Waals surface area contributed by atoms with Crippen molar-refractivity contribution in [1.82, 2.24) is 15.1 Å². The normalized spacial score (nSPS) is 12.6. The van der Waals surface area contributed by atoms with Gasteiger partial charge in [0.2, 0.25) is 0 Å². The van der Waals surface area contributed by atoms with E-state index < -0.39 is 0 Å². The maximum atomic E-state index is 14.0. The molecule has 7 heteroatoms. The zero-order chi connectivity index (χ0) is 23.5. The quantitative estimate of drug-likeness (QED) is 0.451. The number of rotatable bonds is 6. The first kappa shape index (κ1) is 21.9. The number of amides is 1. The molecule has 3 aromatic carbocycles. The fraction of sp³-hybridized carbons (Fsp3) is 0.185. The van der Waals surface area contributed by atoms with Crippen LogP contribution in [0.5, 0.6) is 5.75 Å². The first-order valence-electron chi connectivity index (χ1n) is 11.1. The standard InChI is InChI=1S/C27H24FN3O3/c1-18-7-9-23(10-8-18)31-15-24(25(30-31)19-5-3-2-4-6-19)27(32)29-12-11-20-13-22(28)14-21-16-33-17-34-26(20)21/h2-10,13-15H,11-12,16-17H2,1H3,(H,29,32). The van der Waals surface area contributed by atoms with Crippen LogP contribution in [0, 0.1) is 12.7 Å². The topological polar surface area (TPSA) is 65.4 Å². The number of hydrogen-bond donors (Lipinski definition) is 1. The second-order valence-electron chi connectivity index (χ2n) is 8.21. The molecule has 1 N–H and O–H groups in total. The minimum atomic E-state index is -0.347. The van der Waals surface area contributed by atoms with E-state index in [1.807, 2.05) is 61.5 Å². The summed E-state index contributed by atoms with van der Waals surface area (Å²) in [6.45, 7) is 2.79. The predicted octanol–water partition coefficient (Wildman–Crippen LogP) is 4.83. The first-order valence-corrected chi connectivity index (χ1v) is 11.1. The molecule has 1 aliphatic heterocycles. The number of carbonyl (C=O) groups excluding carboxylic acids is 1. The van der Waals surface area contributed by atoms with Crippen LogP contribution in [0.2, 0.25) is 0 Å². The number of aromatic nitrogens is 2. The summed E-state index contributed by atoms with van der Waals surface area (Å²) in [6, 6.07) is 20.4.